The zero-order valence-electron chi connectivity index (χ0n) is 12.2. The first-order valence-electron chi connectivity index (χ1n) is 6.96. The molecule has 0 aromatic heterocycles. The van der Waals surface area contributed by atoms with Gasteiger partial charge in [0, 0.05) is 19.1 Å². The molecule has 1 saturated carbocycles. The maximum absolute atomic E-state index is 12.2. The van der Waals surface area contributed by atoms with E-state index in [0.29, 0.717) is 13.1 Å². The van der Waals surface area contributed by atoms with Gasteiger partial charge in [0.15, 0.2) is 0 Å². The number of fused-ring (bicyclic) bond motifs is 2. The van der Waals surface area contributed by atoms with Crippen LogP contribution in [-0.2, 0) is 9.59 Å². The van der Waals surface area contributed by atoms with Crippen LogP contribution in [-0.4, -0.2) is 35.8 Å². The van der Waals surface area contributed by atoms with E-state index in [2.05, 4.69) is 32.7 Å². The van der Waals surface area contributed by atoms with Crippen molar-refractivity contribution in [3.63, 3.8) is 0 Å². The van der Waals surface area contributed by atoms with Crippen LogP contribution in [0.25, 0.3) is 0 Å². The van der Waals surface area contributed by atoms with Crippen LogP contribution >= 0.6 is 0 Å². The second-order valence-corrected chi connectivity index (χ2v) is 7.15. The van der Waals surface area contributed by atoms with Crippen molar-refractivity contribution in [1.82, 2.24) is 10.2 Å². The fourth-order valence-corrected chi connectivity index (χ4v) is 4.07. The van der Waals surface area contributed by atoms with E-state index in [-0.39, 0.29) is 22.8 Å². The van der Waals surface area contributed by atoms with Gasteiger partial charge < -0.3 is 10.2 Å². The third-order valence-corrected chi connectivity index (χ3v) is 4.28. The van der Waals surface area contributed by atoms with Gasteiger partial charge in [-0.2, -0.15) is 0 Å². The van der Waals surface area contributed by atoms with E-state index in [0.717, 1.165) is 19.3 Å². The Kier molecular flexibility index (Phi) is 3.45. The quantitative estimate of drug-likeness (QED) is 0.610. The van der Waals surface area contributed by atoms with Crippen molar-refractivity contribution in [2.24, 2.45) is 10.8 Å². The van der Waals surface area contributed by atoms with Crippen molar-refractivity contribution in [2.45, 2.75) is 46.1 Å². The molecule has 2 unspecified atom stereocenters. The van der Waals surface area contributed by atoms with Crippen molar-refractivity contribution < 1.29 is 9.59 Å². The Bertz CT molecular complexity index is 416. The number of nitrogens with zero attached hydrogens (tertiary/aromatic N) is 1. The standard InChI is InChI=1S/C15H24N2O2/c1-5-6-16-12(18)13(19)17-10-15(4)8-11(17)7-14(2,3)9-15/h5,11H,1,6-10H2,2-4H3,(H,16,18). The topological polar surface area (TPSA) is 49.4 Å². The highest BCUT2D eigenvalue weighted by molar-refractivity contribution is 6.35. The molecule has 2 fully saturated rings. The molecule has 0 aromatic rings. The summed E-state index contributed by atoms with van der Waals surface area (Å²) >= 11 is 0. The van der Waals surface area contributed by atoms with E-state index < -0.39 is 5.91 Å². The molecule has 1 aliphatic carbocycles. The average Bonchev–Trinajstić information content (AvgIpc) is 2.54. The van der Waals surface area contributed by atoms with Gasteiger partial charge in [0.1, 0.15) is 0 Å². The molecule has 2 atom stereocenters. The zero-order chi connectivity index (χ0) is 14.3. The van der Waals surface area contributed by atoms with E-state index in [1.54, 1.807) is 11.0 Å². The molecule has 2 amide bonds. The Hall–Kier alpha value is -1.32. The minimum absolute atomic E-state index is 0.167. The summed E-state index contributed by atoms with van der Waals surface area (Å²) in [5, 5.41) is 2.57. The summed E-state index contributed by atoms with van der Waals surface area (Å²) in [5.41, 5.74) is 0.422. The molecule has 4 heteroatoms. The monoisotopic (exact) mass is 264 g/mol. The van der Waals surface area contributed by atoms with Crippen LogP contribution in [0.15, 0.2) is 12.7 Å². The van der Waals surface area contributed by atoms with Gasteiger partial charge in [0.2, 0.25) is 0 Å². The van der Waals surface area contributed by atoms with Crippen LogP contribution in [0.5, 0.6) is 0 Å². The Balaban J connectivity index is 2.09. The molecule has 4 nitrogen and oxygen atoms in total. The Morgan fingerprint density at radius 2 is 2.05 bits per heavy atom. The van der Waals surface area contributed by atoms with E-state index in [1.807, 2.05) is 0 Å². The van der Waals surface area contributed by atoms with Crippen molar-refractivity contribution >= 4 is 11.8 Å². The molecule has 106 valence electrons. The smallest absolute Gasteiger partial charge is 0.312 e. The highest BCUT2D eigenvalue weighted by Crippen LogP contribution is 2.52. The van der Waals surface area contributed by atoms with Crippen LogP contribution in [0.1, 0.15) is 40.0 Å². The molecule has 2 bridgehead atoms. The second-order valence-electron chi connectivity index (χ2n) is 7.15. The third kappa shape index (κ3) is 2.82. The Labute approximate surface area is 115 Å². The fourth-order valence-electron chi connectivity index (χ4n) is 4.07. The van der Waals surface area contributed by atoms with Crippen molar-refractivity contribution in [2.75, 3.05) is 13.1 Å². The molecule has 19 heavy (non-hydrogen) atoms. The summed E-state index contributed by atoms with van der Waals surface area (Å²) in [6.45, 7) is 11.3. The molecular formula is C15H24N2O2. The summed E-state index contributed by atoms with van der Waals surface area (Å²) in [5.74, 6) is -0.887. The molecule has 0 aromatic carbocycles. The number of carbonyl (C=O) groups is 2. The van der Waals surface area contributed by atoms with Gasteiger partial charge >= 0.3 is 11.8 Å². The maximum Gasteiger partial charge on any atom is 0.312 e. The van der Waals surface area contributed by atoms with Gasteiger partial charge in [0.25, 0.3) is 0 Å². The first-order valence-corrected chi connectivity index (χ1v) is 6.96. The van der Waals surface area contributed by atoms with Crippen LogP contribution in [0.4, 0.5) is 0 Å². The predicted octanol–water partition coefficient (Wildman–Crippen LogP) is 1.72. The molecule has 1 N–H and O–H groups in total. The van der Waals surface area contributed by atoms with Crippen LogP contribution in [0.2, 0.25) is 0 Å². The van der Waals surface area contributed by atoms with E-state index in [4.69, 9.17) is 0 Å². The number of likely N-dealkylation sites (tertiary alicyclic amines) is 1. The van der Waals surface area contributed by atoms with Gasteiger partial charge in [-0.15, -0.1) is 6.58 Å². The highest BCUT2D eigenvalue weighted by Gasteiger charge is 2.51. The van der Waals surface area contributed by atoms with E-state index in [9.17, 15) is 9.59 Å². The largest absolute Gasteiger partial charge is 0.344 e. The normalized spacial score (nSPS) is 31.9. The molecule has 2 rings (SSSR count). The zero-order valence-corrected chi connectivity index (χ0v) is 12.2. The van der Waals surface area contributed by atoms with Crippen molar-refractivity contribution in [3.05, 3.63) is 12.7 Å². The van der Waals surface area contributed by atoms with Gasteiger partial charge in [0.05, 0.1) is 0 Å². The average molecular weight is 264 g/mol. The minimum atomic E-state index is -0.506. The number of hydrogen-bond donors (Lipinski definition) is 1. The first-order chi connectivity index (χ1) is 8.76. The molecule has 0 radical (unpaired) electrons. The number of rotatable bonds is 2. The third-order valence-electron chi connectivity index (χ3n) is 4.28. The predicted molar refractivity (Wildman–Crippen MR) is 74.4 cm³/mol. The van der Waals surface area contributed by atoms with Gasteiger partial charge in [-0.25, -0.2) is 0 Å². The Morgan fingerprint density at radius 3 is 2.68 bits per heavy atom. The second kappa shape index (κ2) is 4.66. The van der Waals surface area contributed by atoms with Gasteiger partial charge in [-0.05, 0) is 30.1 Å². The first kappa shape index (κ1) is 14.1. The van der Waals surface area contributed by atoms with Crippen LogP contribution < -0.4 is 5.32 Å². The van der Waals surface area contributed by atoms with Gasteiger partial charge in [-0.3, -0.25) is 9.59 Å². The molecule has 2 aliphatic rings. The summed E-state index contributed by atoms with van der Waals surface area (Å²) in [6.07, 6.45) is 4.71. The lowest BCUT2D eigenvalue weighted by Gasteiger charge is -2.39. The van der Waals surface area contributed by atoms with Crippen molar-refractivity contribution in [3.8, 4) is 0 Å². The lowest BCUT2D eigenvalue weighted by atomic mass is 9.65. The SMILES string of the molecule is C=CCNC(=O)C(=O)N1CC2(C)CC1CC(C)(C)C2. The number of nitrogens with one attached hydrogen (secondary N) is 1. The summed E-state index contributed by atoms with van der Waals surface area (Å²) in [7, 11) is 0. The fraction of sp³-hybridized carbons (Fsp3) is 0.733. The van der Waals surface area contributed by atoms with E-state index >= 15 is 0 Å². The Morgan fingerprint density at radius 1 is 1.37 bits per heavy atom. The lowest BCUT2D eigenvalue weighted by molar-refractivity contribution is -0.146. The van der Waals surface area contributed by atoms with Crippen molar-refractivity contribution in [1.29, 1.82) is 0 Å². The number of hydrogen-bond acceptors (Lipinski definition) is 2. The summed E-state index contributed by atoms with van der Waals surface area (Å²) in [4.78, 5) is 25.8. The van der Waals surface area contributed by atoms with E-state index in [1.165, 1.54) is 0 Å². The minimum Gasteiger partial charge on any atom is -0.344 e. The molecule has 1 heterocycles. The van der Waals surface area contributed by atoms with Crippen LogP contribution in [0.3, 0.4) is 0 Å². The summed E-state index contributed by atoms with van der Waals surface area (Å²) in [6, 6.07) is 0.218. The molecular weight excluding hydrogens is 240 g/mol. The van der Waals surface area contributed by atoms with Crippen LogP contribution in [0, 0.1) is 10.8 Å². The molecule has 0 spiro atoms. The highest BCUT2D eigenvalue weighted by atomic mass is 16.2. The number of amides is 2. The molecule has 1 saturated heterocycles. The maximum atomic E-state index is 12.2. The number of carbonyl (C=O) groups excluding carboxylic acids is 2. The molecule has 1 aliphatic heterocycles. The lowest BCUT2D eigenvalue weighted by Crippen LogP contribution is -2.45. The summed E-state index contributed by atoms with van der Waals surface area (Å²) < 4.78 is 0. The van der Waals surface area contributed by atoms with Gasteiger partial charge in [-0.1, -0.05) is 26.8 Å².